The van der Waals surface area contributed by atoms with Gasteiger partial charge < -0.3 is 19.7 Å². The van der Waals surface area contributed by atoms with Crippen LogP contribution in [0.5, 0.6) is 11.5 Å². The molecule has 0 aliphatic rings. The second-order valence-corrected chi connectivity index (χ2v) is 8.07. The van der Waals surface area contributed by atoms with E-state index in [1.807, 2.05) is 77.1 Å². The first-order valence-corrected chi connectivity index (χ1v) is 10.7. The Hall–Kier alpha value is -3.02. The van der Waals surface area contributed by atoms with Gasteiger partial charge in [0.2, 0.25) is 5.91 Å². The Bertz CT molecular complexity index is 875. The summed E-state index contributed by atoms with van der Waals surface area (Å²) < 4.78 is 11.1. The lowest BCUT2D eigenvalue weighted by molar-refractivity contribution is -0.143. The molecule has 1 atom stereocenters. The van der Waals surface area contributed by atoms with Gasteiger partial charge in [-0.05, 0) is 75.1 Å². The third-order valence-electron chi connectivity index (χ3n) is 4.86. The Balaban J connectivity index is 2.25. The molecular weight excluding hydrogens is 392 g/mol. The summed E-state index contributed by atoms with van der Waals surface area (Å²) in [4.78, 5) is 27.7. The Kier molecular flexibility index (Phi) is 8.91. The maximum absolute atomic E-state index is 13.2. The molecule has 168 valence electrons. The van der Waals surface area contributed by atoms with E-state index in [0.29, 0.717) is 17.9 Å². The van der Waals surface area contributed by atoms with Crippen LogP contribution in [0, 0.1) is 13.8 Å². The predicted octanol–water partition coefficient (Wildman–Crippen LogP) is 4.02. The van der Waals surface area contributed by atoms with Crippen molar-refractivity contribution in [3.63, 3.8) is 0 Å². The van der Waals surface area contributed by atoms with Crippen LogP contribution in [0.25, 0.3) is 0 Å². The Morgan fingerprint density at radius 1 is 1.03 bits per heavy atom. The molecular formula is C25H34N2O4. The molecule has 0 aliphatic heterocycles. The van der Waals surface area contributed by atoms with Gasteiger partial charge in [0.15, 0.2) is 6.61 Å². The molecule has 0 bridgehead atoms. The lowest BCUT2D eigenvalue weighted by atomic mass is 10.1. The Labute approximate surface area is 185 Å². The third kappa shape index (κ3) is 7.31. The Morgan fingerprint density at radius 3 is 2.29 bits per heavy atom. The largest absolute Gasteiger partial charge is 0.497 e. The summed E-state index contributed by atoms with van der Waals surface area (Å²) in [5.74, 6) is 0.941. The van der Waals surface area contributed by atoms with Gasteiger partial charge in [-0.3, -0.25) is 9.59 Å². The number of hydrogen-bond acceptors (Lipinski definition) is 4. The summed E-state index contributed by atoms with van der Waals surface area (Å²) in [6, 6.07) is 12.8. The maximum atomic E-state index is 13.2. The zero-order valence-electron chi connectivity index (χ0n) is 19.4. The number of hydrogen-bond donors (Lipinski definition) is 1. The van der Waals surface area contributed by atoms with Crippen molar-refractivity contribution in [3.8, 4) is 11.5 Å². The summed E-state index contributed by atoms with van der Waals surface area (Å²) in [6.07, 6.45) is 0.498. The van der Waals surface area contributed by atoms with Gasteiger partial charge in [0.05, 0.1) is 7.11 Å². The number of nitrogens with zero attached hydrogens (tertiary/aromatic N) is 1. The van der Waals surface area contributed by atoms with E-state index >= 15 is 0 Å². The molecule has 31 heavy (non-hydrogen) atoms. The smallest absolute Gasteiger partial charge is 0.261 e. The Morgan fingerprint density at radius 2 is 1.71 bits per heavy atom. The van der Waals surface area contributed by atoms with Crippen molar-refractivity contribution in [2.45, 2.75) is 59.7 Å². The van der Waals surface area contributed by atoms with Gasteiger partial charge in [-0.2, -0.15) is 0 Å². The average Bonchev–Trinajstić information content (AvgIpc) is 2.70. The number of methoxy groups -OCH3 is 1. The fourth-order valence-electron chi connectivity index (χ4n) is 3.51. The zero-order valence-corrected chi connectivity index (χ0v) is 19.4. The second-order valence-electron chi connectivity index (χ2n) is 8.07. The van der Waals surface area contributed by atoms with Crippen molar-refractivity contribution >= 4 is 11.8 Å². The maximum Gasteiger partial charge on any atom is 0.261 e. The molecule has 2 rings (SSSR count). The van der Waals surface area contributed by atoms with Crippen LogP contribution in [-0.2, 0) is 16.1 Å². The molecule has 0 aliphatic carbocycles. The van der Waals surface area contributed by atoms with Gasteiger partial charge in [-0.1, -0.05) is 25.1 Å². The number of ether oxygens (including phenoxy) is 2. The van der Waals surface area contributed by atoms with Crippen LogP contribution in [0.1, 0.15) is 43.9 Å². The van der Waals surface area contributed by atoms with E-state index < -0.39 is 6.04 Å². The number of carbonyl (C=O) groups is 2. The highest BCUT2D eigenvalue weighted by molar-refractivity contribution is 5.88. The van der Waals surface area contributed by atoms with Gasteiger partial charge in [-0.25, -0.2) is 0 Å². The zero-order chi connectivity index (χ0) is 23.0. The van der Waals surface area contributed by atoms with Crippen molar-refractivity contribution in [2.24, 2.45) is 0 Å². The molecule has 0 saturated heterocycles. The molecule has 0 radical (unpaired) electrons. The van der Waals surface area contributed by atoms with Crippen LogP contribution in [0.3, 0.4) is 0 Å². The van der Waals surface area contributed by atoms with E-state index in [-0.39, 0.29) is 31.0 Å². The molecule has 2 aromatic carbocycles. The van der Waals surface area contributed by atoms with E-state index in [4.69, 9.17) is 9.47 Å². The fraction of sp³-hybridized carbons (Fsp3) is 0.440. The SMILES string of the molecule is CC[C@@H](C(=O)NC(C)C)N(Cc1cccc(OC)c1)C(=O)COc1cc(C)cc(C)c1. The van der Waals surface area contributed by atoms with Gasteiger partial charge in [0.1, 0.15) is 17.5 Å². The van der Waals surface area contributed by atoms with E-state index in [0.717, 1.165) is 16.7 Å². The highest BCUT2D eigenvalue weighted by atomic mass is 16.5. The molecule has 2 aromatic rings. The first-order chi connectivity index (χ1) is 14.7. The van der Waals surface area contributed by atoms with Crippen LogP contribution >= 0.6 is 0 Å². The number of amides is 2. The minimum Gasteiger partial charge on any atom is -0.497 e. The van der Waals surface area contributed by atoms with Crippen molar-refractivity contribution in [1.29, 1.82) is 0 Å². The van der Waals surface area contributed by atoms with Crippen LogP contribution in [0.2, 0.25) is 0 Å². The topological polar surface area (TPSA) is 67.9 Å². The van der Waals surface area contributed by atoms with Crippen LogP contribution < -0.4 is 14.8 Å². The molecule has 1 N–H and O–H groups in total. The fourth-order valence-corrected chi connectivity index (χ4v) is 3.51. The highest BCUT2D eigenvalue weighted by Gasteiger charge is 2.29. The molecule has 6 heteroatoms. The van der Waals surface area contributed by atoms with Crippen LogP contribution in [0.15, 0.2) is 42.5 Å². The van der Waals surface area contributed by atoms with Crippen LogP contribution in [-0.4, -0.2) is 42.5 Å². The summed E-state index contributed by atoms with van der Waals surface area (Å²) in [5.41, 5.74) is 3.02. The summed E-state index contributed by atoms with van der Waals surface area (Å²) in [5, 5.41) is 2.93. The number of rotatable bonds is 10. The molecule has 0 heterocycles. The molecule has 6 nitrogen and oxygen atoms in total. The minimum atomic E-state index is -0.594. The molecule has 0 spiro atoms. The molecule has 0 saturated carbocycles. The van der Waals surface area contributed by atoms with E-state index in [2.05, 4.69) is 5.32 Å². The first-order valence-electron chi connectivity index (χ1n) is 10.7. The normalized spacial score (nSPS) is 11.7. The number of nitrogens with one attached hydrogen (secondary N) is 1. The predicted molar refractivity (Wildman–Crippen MR) is 122 cm³/mol. The van der Waals surface area contributed by atoms with Crippen molar-refractivity contribution in [1.82, 2.24) is 10.2 Å². The van der Waals surface area contributed by atoms with Gasteiger partial charge >= 0.3 is 0 Å². The molecule has 0 fully saturated rings. The highest BCUT2D eigenvalue weighted by Crippen LogP contribution is 2.19. The van der Waals surface area contributed by atoms with Gasteiger partial charge in [0, 0.05) is 12.6 Å². The van der Waals surface area contributed by atoms with Crippen molar-refractivity contribution < 1.29 is 19.1 Å². The molecule has 0 aromatic heterocycles. The summed E-state index contributed by atoms with van der Waals surface area (Å²) in [7, 11) is 1.60. The van der Waals surface area contributed by atoms with E-state index in [9.17, 15) is 9.59 Å². The number of aryl methyl sites for hydroxylation is 2. The van der Waals surface area contributed by atoms with Crippen molar-refractivity contribution in [2.75, 3.05) is 13.7 Å². The first kappa shape index (κ1) is 24.3. The average molecular weight is 427 g/mol. The number of benzene rings is 2. The second kappa shape index (κ2) is 11.4. The lowest BCUT2D eigenvalue weighted by Crippen LogP contribution is -2.51. The molecule has 0 unspecified atom stereocenters. The summed E-state index contributed by atoms with van der Waals surface area (Å²) in [6.45, 7) is 9.83. The van der Waals surface area contributed by atoms with Crippen LogP contribution in [0.4, 0.5) is 0 Å². The molecule has 2 amide bonds. The number of carbonyl (C=O) groups excluding carboxylic acids is 2. The van der Waals surface area contributed by atoms with Gasteiger partial charge in [-0.15, -0.1) is 0 Å². The standard InChI is InChI=1S/C25H34N2O4/c1-7-23(25(29)26-17(2)3)27(15-20-9-8-10-21(14-20)30-6)24(28)16-31-22-12-18(4)11-19(5)13-22/h8-14,17,23H,7,15-16H2,1-6H3,(H,26,29)/t23-/m0/s1. The quantitative estimate of drug-likeness (QED) is 0.623. The van der Waals surface area contributed by atoms with Gasteiger partial charge in [0.25, 0.3) is 5.91 Å². The summed E-state index contributed by atoms with van der Waals surface area (Å²) >= 11 is 0. The van der Waals surface area contributed by atoms with Crippen molar-refractivity contribution in [3.05, 3.63) is 59.2 Å². The minimum absolute atomic E-state index is 0.0122. The van der Waals surface area contributed by atoms with E-state index in [1.165, 1.54) is 0 Å². The lowest BCUT2D eigenvalue weighted by Gasteiger charge is -2.31. The third-order valence-corrected chi connectivity index (χ3v) is 4.86. The monoisotopic (exact) mass is 426 g/mol. The van der Waals surface area contributed by atoms with E-state index in [1.54, 1.807) is 12.0 Å².